The molecule has 0 saturated carbocycles. The van der Waals surface area contributed by atoms with Crippen LogP contribution in [0.3, 0.4) is 0 Å². The van der Waals surface area contributed by atoms with Crippen molar-refractivity contribution < 1.29 is 29.4 Å². The number of hydrogen-bond acceptors (Lipinski definition) is 4. The average molecular weight is 663 g/mol. The third kappa shape index (κ3) is 5.75. The summed E-state index contributed by atoms with van der Waals surface area (Å²) in [5.74, 6) is -3.12. The van der Waals surface area contributed by atoms with Crippen LogP contribution in [0.1, 0.15) is 63.7 Å². The second-order valence-corrected chi connectivity index (χ2v) is 12.7. The topological polar surface area (TPSA) is 133 Å². The van der Waals surface area contributed by atoms with Crippen molar-refractivity contribution in [1.82, 2.24) is 10.6 Å². The molecule has 0 saturated heterocycles. The van der Waals surface area contributed by atoms with Crippen molar-refractivity contribution in [2.75, 3.05) is 13.1 Å². The van der Waals surface area contributed by atoms with Gasteiger partial charge < -0.3 is 20.8 Å². The Morgan fingerprint density at radius 3 is 1.20 bits per heavy atom. The number of benzene rings is 7. The number of hydrogen-bond donors (Lipinski definition) is 4. The normalized spacial score (nSPS) is 11.4. The minimum Gasteiger partial charge on any atom is -0.478 e. The highest BCUT2D eigenvalue weighted by molar-refractivity contribution is 6.38. The van der Waals surface area contributed by atoms with Gasteiger partial charge in [-0.05, 0) is 94.4 Å². The Balaban J connectivity index is 1.39. The van der Waals surface area contributed by atoms with Crippen LogP contribution in [-0.2, 0) is 12.8 Å². The molecule has 0 heterocycles. The predicted octanol–water partition coefficient (Wildman–Crippen LogP) is 7.70. The summed E-state index contributed by atoms with van der Waals surface area (Å²) in [4.78, 5) is 52.5. The fraction of sp³-hybridized carbons (Fsp3) is 0.143. The Kier molecular flexibility index (Phi) is 8.37. The number of amides is 2. The van der Waals surface area contributed by atoms with E-state index in [1.165, 1.54) is 12.1 Å². The van der Waals surface area contributed by atoms with Crippen LogP contribution in [0.2, 0.25) is 0 Å². The lowest BCUT2D eigenvalue weighted by Crippen LogP contribution is -2.28. The molecule has 7 aromatic carbocycles. The zero-order valence-corrected chi connectivity index (χ0v) is 27.6. The predicted molar refractivity (Wildman–Crippen MR) is 196 cm³/mol. The van der Waals surface area contributed by atoms with Crippen LogP contribution in [0.4, 0.5) is 0 Å². The molecule has 0 aliphatic rings. The number of fused-ring (bicyclic) bond motifs is 2. The molecule has 50 heavy (non-hydrogen) atoms. The van der Waals surface area contributed by atoms with Gasteiger partial charge in [0.1, 0.15) is 0 Å². The highest BCUT2D eigenvalue weighted by Crippen LogP contribution is 2.44. The molecule has 0 spiro atoms. The van der Waals surface area contributed by atoms with E-state index in [1.807, 2.05) is 50.2 Å². The van der Waals surface area contributed by atoms with Crippen LogP contribution < -0.4 is 10.6 Å². The quantitative estimate of drug-likeness (QED) is 0.0877. The van der Waals surface area contributed by atoms with Crippen molar-refractivity contribution >= 4 is 66.8 Å². The van der Waals surface area contributed by atoms with E-state index in [1.54, 1.807) is 36.4 Å². The molecule has 0 bridgehead atoms. The van der Waals surface area contributed by atoms with Gasteiger partial charge in [-0.2, -0.15) is 0 Å². The van der Waals surface area contributed by atoms with Crippen molar-refractivity contribution in [3.8, 4) is 0 Å². The smallest absolute Gasteiger partial charge is 0.336 e. The van der Waals surface area contributed by atoms with Crippen LogP contribution in [0.5, 0.6) is 0 Å². The molecule has 8 nitrogen and oxygen atoms in total. The van der Waals surface area contributed by atoms with Gasteiger partial charge in [-0.25, -0.2) is 9.59 Å². The molecule has 0 fully saturated rings. The maximum absolute atomic E-state index is 14.0. The van der Waals surface area contributed by atoms with Crippen molar-refractivity contribution in [2.45, 2.75) is 26.7 Å². The van der Waals surface area contributed by atoms with E-state index in [0.29, 0.717) is 74.8 Å². The summed E-state index contributed by atoms with van der Waals surface area (Å²) in [6.45, 7) is 4.82. The SMILES string of the molecule is Cc1cccc(CCNC(=O)c2ccc3c4ccc(C(=O)O)c5c(C(=O)O)ccc(c6ccc(C(=O)NCCc7cccc(C)c7)c2c36)c54)c1. The second-order valence-electron chi connectivity index (χ2n) is 12.7. The molecule has 248 valence electrons. The number of carboxylic acid groups (broad SMARTS) is 2. The monoisotopic (exact) mass is 662 g/mol. The molecule has 0 aliphatic heterocycles. The Bertz CT molecular complexity index is 2350. The van der Waals surface area contributed by atoms with Gasteiger partial charge >= 0.3 is 11.9 Å². The lowest BCUT2D eigenvalue weighted by Gasteiger charge is -2.20. The summed E-state index contributed by atoms with van der Waals surface area (Å²) >= 11 is 0. The number of nitrogens with one attached hydrogen (secondary N) is 2. The Morgan fingerprint density at radius 1 is 0.480 bits per heavy atom. The van der Waals surface area contributed by atoms with E-state index in [4.69, 9.17) is 0 Å². The van der Waals surface area contributed by atoms with Crippen LogP contribution >= 0.6 is 0 Å². The molecule has 7 rings (SSSR count). The largest absolute Gasteiger partial charge is 0.478 e. The first-order valence-electron chi connectivity index (χ1n) is 16.5. The summed E-state index contributed by atoms with van der Waals surface area (Å²) in [6, 6.07) is 29.4. The third-order valence-electron chi connectivity index (χ3n) is 9.42. The van der Waals surface area contributed by atoms with Gasteiger partial charge in [0, 0.05) is 35.0 Å². The van der Waals surface area contributed by atoms with E-state index < -0.39 is 11.9 Å². The number of carboxylic acids is 2. The van der Waals surface area contributed by atoms with Gasteiger partial charge in [0.2, 0.25) is 0 Å². The molecule has 0 aromatic heterocycles. The van der Waals surface area contributed by atoms with Crippen LogP contribution in [0.25, 0.3) is 43.1 Å². The number of carbonyl (C=O) groups is 4. The maximum Gasteiger partial charge on any atom is 0.336 e. The van der Waals surface area contributed by atoms with Crippen LogP contribution in [0, 0.1) is 13.8 Å². The van der Waals surface area contributed by atoms with Crippen molar-refractivity contribution in [3.05, 3.63) is 142 Å². The molecule has 0 atom stereocenters. The third-order valence-corrected chi connectivity index (χ3v) is 9.42. The molecule has 4 N–H and O–H groups in total. The number of rotatable bonds is 10. The van der Waals surface area contributed by atoms with Crippen molar-refractivity contribution in [1.29, 1.82) is 0 Å². The summed E-state index contributed by atoms with van der Waals surface area (Å²) in [7, 11) is 0. The lowest BCUT2D eigenvalue weighted by molar-refractivity contribution is 0.0695. The van der Waals surface area contributed by atoms with Crippen molar-refractivity contribution in [3.63, 3.8) is 0 Å². The standard InChI is InChI=1S/C42H34N2O6/c1-23-5-3-7-25(21-23)17-19-43-39(45)31-13-9-27-29-11-15-33(41(47)48)38-34(42(49)50)16-12-30(36(29)38)28-10-14-32(37(31)35(27)28)40(46)44-20-18-26-8-4-6-24(2)22-26/h3-16,21-22H,17-20H2,1-2H3,(H,43,45)(H,44,46)(H,47,48)(H,49,50). The van der Waals surface area contributed by atoms with Crippen LogP contribution in [0.15, 0.2) is 97.1 Å². The first-order valence-corrected chi connectivity index (χ1v) is 16.5. The van der Waals surface area contributed by atoms with Crippen LogP contribution in [-0.4, -0.2) is 47.1 Å². The van der Waals surface area contributed by atoms with Gasteiger partial charge in [-0.1, -0.05) is 83.9 Å². The van der Waals surface area contributed by atoms with Gasteiger partial charge in [0.25, 0.3) is 11.8 Å². The average Bonchev–Trinajstić information content (AvgIpc) is 3.09. The Hall–Kier alpha value is -6.28. The van der Waals surface area contributed by atoms with Gasteiger partial charge in [0.15, 0.2) is 0 Å². The van der Waals surface area contributed by atoms with E-state index in [-0.39, 0.29) is 28.3 Å². The fourth-order valence-corrected chi connectivity index (χ4v) is 7.19. The minimum atomic E-state index is -1.23. The fourth-order valence-electron chi connectivity index (χ4n) is 7.19. The van der Waals surface area contributed by atoms with E-state index >= 15 is 0 Å². The summed E-state index contributed by atoms with van der Waals surface area (Å²) in [5.41, 5.74) is 4.91. The zero-order chi connectivity index (χ0) is 35.1. The van der Waals surface area contributed by atoms with Gasteiger partial charge in [-0.3, -0.25) is 9.59 Å². The molecule has 7 aromatic rings. The molecule has 0 unspecified atom stereocenters. The first-order chi connectivity index (χ1) is 24.1. The summed E-state index contributed by atoms with van der Waals surface area (Å²) < 4.78 is 0. The molecular formula is C42H34N2O6. The Labute approximate surface area is 287 Å². The molecule has 8 heteroatoms. The van der Waals surface area contributed by atoms with E-state index in [2.05, 4.69) is 22.8 Å². The lowest BCUT2D eigenvalue weighted by atomic mass is 9.84. The van der Waals surface area contributed by atoms with Crippen molar-refractivity contribution in [2.24, 2.45) is 0 Å². The number of aromatic carboxylic acids is 2. The second kappa shape index (κ2) is 13.0. The molecule has 0 radical (unpaired) electrons. The highest BCUT2D eigenvalue weighted by Gasteiger charge is 2.25. The minimum absolute atomic E-state index is 0.114. The highest BCUT2D eigenvalue weighted by atomic mass is 16.4. The van der Waals surface area contributed by atoms with E-state index in [9.17, 15) is 29.4 Å². The maximum atomic E-state index is 14.0. The first kappa shape index (κ1) is 32.3. The van der Waals surface area contributed by atoms with E-state index in [0.717, 1.165) is 22.3 Å². The number of carbonyl (C=O) groups excluding carboxylic acids is 2. The molecule has 0 aliphatic carbocycles. The summed E-state index contributed by atoms with van der Waals surface area (Å²) in [5, 5.41) is 30.6. The molecular weight excluding hydrogens is 628 g/mol. The number of aryl methyl sites for hydroxylation is 2. The van der Waals surface area contributed by atoms with Gasteiger partial charge in [0.05, 0.1) is 11.1 Å². The van der Waals surface area contributed by atoms with Gasteiger partial charge in [-0.15, -0.1) is 0 Å². The summed E-state index contributed by atoms with van der Waals surface area (Å²) in [6.07, 6.45) is 1.27. The Morgan fingerprint density at radius 2 is 0.840 bits per heavy atom. The molecule has 2 amide bonds. The zero-order valence-electron chi connectivity index (χ0n) is 27.6.